The van der Waals surface area contributed by atoms with Crippen molar-refractivity contribution in [3.8, 4) is 0 Å². The van der Waals surface area contributed by atoms with Crippen molar-refractivity contribution in [3.05, 3.63) is 0 Å². The summed E-state index contributed by atoms with van der Waals surface area (Å²) in [5.74, 6) is 1.13. The van der Waals surface area contributed by atoms with Crippen LogP contribution in [0.1, 0.15) is 39.5 Å². The van der Waals surface area contributed by atoms with Crippen molar-refractivity contribution in [2.24, 2.45) is 5.73 Å². The maximum atomic E-state index is 12.5. The van der Waals surface area contributed by atoms with Gasteiger partial charge >= 0.3 is 0 Å². The first kappa shape index (κ1) is 19.1. The highest BCUT2D eigenvalue weighted by molar-refractivity contribution is 7.98. The van der Waals surface area contributed by atoms with E-state index in [4.69, 9.17) is 5.73 Å². The van der Waals surface area contributed by atoms with E-state index in [1.807, 2.05) is 4.90 Å². The van der Waals surface area contributed by atoms with Crippen LogP contribution in [0.25, 0.3) is 0 Å². The second-order valence-corrected chi connectivity index (χ2v) is 7.37. The van der Waals surface area contributed by atoms with Crippen molar-refractivity contribution in [3.63, 3.8) is 0 Å². The van der Waals surface area contributed by atoms with E-state index in [0.717, 1.165) is 31.7 Å². The van der Waals surface area contributed by atoms with Gasteiger partial charge in [-0.2, -0.15) is 11.8 Å². The van der Waals surface area contributed by atoms with Gasteiger partial charge in [0.25, 0.3) is 0 Å². The zero-order valence-corrected chi connectivity index (χ0v) is 15.1. The fourth-order valence-electron chi connectivity index (χ4n) is 3.76. The average molecular weight is 336 g/mol. The maximum Gasteiger partial charge on any atom is 0.239 e. The molecule has 2 aliphatic rings. The van der Waals surface area contributed by atoms with Crippen LogP contribution in [0.4, 0.5) is 0 Å². The summed E-state index contributed by atoms with van der Waals surface area (Å²) >= 11 is 1.76. The smallest absolute Gasteiger partial charge is 0.239 e. The van der Waals surface area contributed by atoms with Gasteiger partial charge in [-0.15, -0.1) is 12.4 Å². The molecule has 2 fully saturated rings. The minimum atomic E-state index is -0.313. The summed E-state index contributed by atoms with van der Waals surface area (Å²) in [7, 11) is 0. The molecule has 2 N–H and O–H groups in total. The third-order valence-corrected chi connectivity index (χ3v) is 5.34. The van der Waals surface area contributed by atoms with E-state index in [-0.39, 0.29) is 24.4 Å². The molecular formula is C15H30ClN3OS. The van der Waals surface area contributed by atoms with Crippen LogP contribution in [0.5, 0.6) is 0 Å². The highest BCUT2D eigenvalue weighted by Gasteiger charge is 2.39. The minimum Gasteiger partial charge on any atom is -0.340 e. The molecule has 0 aromatic carbocycles. The number of thioether (sulfide) groups is 1. The topological polar surface area (TPSA) is 49.6 Å². The molecular weight excluding hydrogens is 306 g/mol. The molecule has 1 amide bonds. The van der Waals surface area contributed by atoms with Gasteiger partial charge in [0.15, 0.2) is 0 Å². The van der Waals surface area contributed by atoms with Crippen LogP contribution in [-0.2, 0) is 4.79 Å². The number of hydrogen-bond donors (Lipinski definition) is 1. The predicted octanol–water partition coefficient (Wildman–Crippen LogP) is 1.96. The van der Waals surface area contributed by atoms with Crippen molar-refractivity contribution in [1.29, 1.82) is 0 Å². The number of likely N-dealkylation sites (tertiary alicyclic amines) is 1. The molecule has 0 aromatic rings. The molecule has 0 saturated carbocycles. The quantitative estimate of drug-likeness (QED) is 0.834. The van der Waals surface area contributed by atoms with Crippen LogP contribution in [0.15, 0.2) is 0 Å². The van der Waals surface area contributed by atoms with Gasteiger partial charge in [0.05, 0.1) is 6.04 Å². The first-order chi connectivity index (χ1) is 9.54. The van der Waals surface area contributed by atoms with Crippen LogP contribution in [0.3, 0.4) is 0 Å². The van der Waals surface area contributed by atoms with Gasteiger partial charge in [-0.05, 0) is 51.5 Å². The fraction of sp³-hybridized carbons (Fsp3) is 0.933. The number of nitrogens with two attached hydrogens (primary N) is 1. The molecule has 2 rings (SSSR count). The zero-order chi connectivity index (χ0) is 14.7. The highest BCUT2D eigenvalue weighted by Crippen LogP contribution is 2.32. The van der Waals surface area contributed by atoms with Crippen molar-refractivity contribution in [1.82, 2.24) is 9.80 Å². The number of carbonyl (C=O) groups excluding carboxylic acids is 1. The van der Waals surface area contributed by atoms with Crippen molar-refractivity contribution >= 4 is 30.1 Å². The summed E-state index contributed by atoms with van der Waals surface area (Å²) in [5.41, 5.74) is 6.06. The predicted molar refractivity (Wildman–Crippen MR) is 93.2 cm³/mol. The number of carbonyl (C=O) groups is 1. The Morgan fingerprint density at radius 1 is 1.29 bits per heavy atom. The molecule has 2 saturated heterocycles. The maximum absolute atomic E-state index is 12.5. The van der Waals surface area contributed by atoms with Gasteiger partial charge in [0.1, 0.15) is 0 Å². The third-order valence-electron chi connectivity index (χ3n) is 4.70. The van der Waals surface area contributed by atoms with E-state index in [0.29, 0.717) is 18.1 Å². The number of rotatable bonds is 5. The molecule has 0 radical (unpaired) electrons. The molecule has 2 aliphatic heterocycles. The number of fused-ring (bicyclic) bond motifs is 2. The zero-order valence-electron chi connectivity index (χ0n) is 13.5. The molecule has 2 heterocycles. The molecule has 21 heavy (non-hydrogen) atoms. The SMILES string of the molecule is CSCCC(N)C(=O)N1CCC2CCC(C1)N2C(C)C.Cl. The lowest BCUT2D eigenvalue weighted by Crippen LogP contribution is -2.48. The molecule has 0 spiro atoms. The Labute approximate surface area is 139 Å². The van der Waals surface area contributed by atoms with Crippen molar-refractivity contribution < 1.29 is 4.79 Å². The first-order valence-corrected chi connectivity index (χ1v) is 9.24. The molecule has 0 aliphatic carbocycles. The Kier molecular flexibility index (Phi) is 7.82. The van der Waals surface area contributed by atoms with E-state index >= 15 is 0 Å². The molecule has 0 aromatic heterocycles. The molecule has 3 unspecified atom stereocenters. The largest absolute Gasteiger partial charge is 0.340 e. The number of hydrogen-bond acceptors (Lipinski definition) is 4. The van der Waals surface area contributed by atoms with Crippen LogP contribution in [-0.4, -0.2) is 65.0 Å². The highest BCUT2D eigenvalue weighted by atomic mass is 35.5. The lowest BCUT2D eigenvalue weighted by Gasteiger charge is -2.32. The summed E-state index contributed by atoms with van der Waals surface area (Å²) in [6.45, 7) is 6.30. The lowest BCUT2D eigenvalue weighted by atomic mass is 10.1. The summed E-state index contributed by atoms with van der Waals surface area (Å²) in [6, 6.07) is 1.47. The summed E-state index contributed by atoms with van der Waals surface area (Å²) in [5, 5.41) is 0. The summed E-state index contributed by atoms with van der Waals surface area (Å²) in [6.07, 6.45) is 6.48. The Hall–Kier alpha value is 0.0300. The standard InChI is InChI=1S/C15H29N3OS.ClH/c1-11(2)18-12-4-5-13(18)10-17(8-6-12)15(19)14(16)7-9-20-3;/h11-14H,4-10,16H2,1-3H3;1H. The van der Waals surface area contributed by atoms with E-state index in [9.17, 15) is 4.79 Å². The molecule has 3 atom stereocenters. The molecule has 124 valence electrons. The summed E-state index contributed by atoms with van der Waals surface area (Å²) < 4.78 is 0. The second-order valence-electron chi connectivity index (χ2n) is 6.39. The summed E-state index contributed by atoms with van der Waals surface area (Å²) in [4.78, 5) is 17.1. The van der Waals surface area contributed by atoms with Crippen LogP contribution < -0.4 is 5.73 Å². The van der Waals surface area contributed by atoms with Crippen LogP contribution in [0.2, 0.25) is 0 Å². The first-order valence-electron chi connectivity index (χ1n) is 7.85. The third kappa shape index (κ3) is 4.50. The normalized spacial score (nSPS) is 27.4. The molecule has 4 nitrogen and oxygen atoms in total. The van der Waals surface area contributed by atoms with Crippen LogP contribution in [0, 0.1) is 0 Å². The van der Waals surface area contributed by atoms with Gasteiger partial charge in [-0.25, -0.2) is 0 Å². The Balaban J connectivity index is 0.00000220. The minimum absolute atomic E-state index is 0. The van der Waals surface area contributed by atoms with E-state index in [2.05, 4.69) is 25.0 Å². The Bertz CT molecular complexity index is 343. The van der Waals surface area contributed by atoms with E-state index in [1.54, 1.807) is 11.8 Å². The average Bonchev–Trinajstić information content (AvgIpc) is 2.70. The van der Waals surface area contributed by atoms with Gasteiger partial charge in [-0.1, -0.05) is 0 Å². The van der Waals surface area contributed by atoms with Gasteiger partial charge < -0.3 is 10.6 Å². The second kappa shape index (κ2) is 8.61. The monoisotopic (exact) mass is 335 g/mol. The van der Waals surface area contributed by atoms with Crippen molar-refractivity contribution in [2.45, 2.75) is 63.7 Å². The van der Waals surface area contributed by atoms with Crippen molar-refractivity contribution in [2.75, 3.05) is 25.1 Å². The number of amides is 1. The molecule has 6 heteroatoms. The lowest BCUT2D eigenvalue weighted by molar-refractivity contribution is -0.133. The van der Waals surface area contributed by atoms with E-state index < -0.39 is 0 Å². The fourth-order valence-corrected chi connectivity index (χ4v) is 4.25. The number of nitrogens with zero attached hydrogens (tertiary/aromatic N) is 2. The van der Waals surface area contributed by atoms with Crippen LogP contribution >= 0.6 is 24.2 Å². The molecule has 2 bridgehead atoms. The Morgan fingerprint density at radius 2 is 1.95 bits per heavy atom. The van der Waals surface area contributed by atoms with Gasteiger partial charge in [0.2, 0.25) is 5.91 Å². The van der Waals surface area contributed by atoms with Gasteiger partial charge in [-0.3, -0.25) is 9.69 Å². The Morgan fingerprint density at radius 3 is 2.57 bits per heavy atom. The van der Waals surface area contributed by atoms with Gasteiger partial charge in [0, 0.05) is 31.2 Å². The number of halogens is 1. The van der Waals surface area contributed by atoms with E-state index in [1.165, 1.54) is 12.8 Å².